The maximum Gasteiger partial charge on any atom is 0.161 e. The summed E-state index contributed by atoms with van der Waals surface area (Å²) in [6.07, 6.45) is 19.4. The molecule has 4 aliphatic carbocycles. The fourth-order valence-electron chi connectivity index (χ4n) is 8.52. The fraction of sp³-hybridized carbons (Fsp3) is 0.0400. The highest BCUT2D eigenvalue weighted by atomic mass is 16.3. The molecule has 3 nitrogen and oxygen atoms in total. The third-order valence-electron chi connectivity index (χ3n) is 11.0. The molecule has 0 bridgehead atoms. The molecular formula is C50H32N2O. The molecule has 0 saturated carbocycles. The van der Waals surface area contributed by atoms with Crippen LogP contribution in [0.25, 0.3) is 72.5 Å². The van der Waals surface area contributed by atoms with Gasteiger partial charge in [-0.3, -0.25) is 0 Å². The van der Waals surface area contributed by atoms with Crippen LogP contribution in [0.5, 0.6) is 0 Å². The van der Waals surface area contributed by atoms with Crippen molar-refractivity contribution in [3.8, 4) is 45.0 Å². The number of fused-ring (bicyclic) bond motifs is 3. The summed E-state index contributed by atoms with van der Waals surface area (Å²) in [5, 5.41) is 2.17. The molecule has 3 heteroatoms. The second kappa shape index (κ2) is 11.9. The van der Waals surface area contributed by atoms with Crippen LogP contribution in [-0.4, -0.2) is 9.97 Å². The van der Waals surface area contributed by atoms with Gasteiger partial charge in [0.25, 0.3) is 0 Å². The number of hydrogen-bond donors (Lipinski definition) is 0. The zero-order valence-corrected chi connectivity index (χ0v) is 28.8. The maximum absolute atomic E-state index is 6.72. The molecule has 0 spiro atoms. The van der Waals surface area contributed by atoms with Crippen molar-refractivity contribution in [3.63, 3.8) is 0 Å². The minimum atomic E-state index is 0.281. The van der Waals surface area contributed by atoms with Gasteiger partial charge in [-0.2, -0.15) is 0 Å². The van der Waals surface area contributed by atoms with Crippen LogP contribution in [0.15, 0.2) is 208 Å². The van der Waals surface area contributed by atoms with Crippen LogP contribution in [0.2, 0.25) is 0 Å². The van der Waals surface area contributed by atoms with E-state index in [1.165, 1.54) is 39.0 Å². The molecule has 5 aromatic carbocycles. The van der Waals surface area contributed by atoms with E-state index in [9.17, 15) is 0 Å². The normalized spacial score (nSPS) is 17.0. The molecule has 53 heavy (non-hydrogen) atoms. The predicted molar refractivity (Wildman–Crippen MR) is 217 cm³/mol. The first kappa shape index (κ1) is 29.8. The van der Waals surface area contributed by atoms with E-state index < -0.39 is 0 Å². The van der Waals surface area contributed by atoms with Crippen LogP contribution in [0.3, 0.4) is 0 Å². The largest absolute Gasteiger partial charge is 0.455 e. The first-order valence-electron chi connectivity index (χ1n) is 18.2. The van der Waals surface area contributed by atoms with E-state index in [1.807, 2.05) is 24.3 Å². The van der Waals surface area contributed by atoms with Gasteiger partial charge in [-0.15, -0.1) is 0 Å². The van der Waals surface area contributed by atoms with Gasteiger partial charge >= 0.3 is 0 Å². The zero-order chi connectivity index (χ0) is 34.9. The van der Waals surface area contributed by atoms with Crippen molar-refractivity contribution in [1.29, 1.82) is 0 Å². The lowest BCUT2D eigenvalue weighted by Crippen LogP contribution is -2.21. The first-order valence-corrected chi connectivity index (χ1v) is 18.2. The monoisotopic (exact) mass is 676 g/mol. The molecule has 4 aliphatic rings. The van der Waals surface area contributed by atoms with Crippen LogP contribution in [-0.2, 0) is 0 Å². The zero-order valence-electron chi connectivity index (χ0n) is 28.8. The summed E-state index contributed by atoms with van der Waals surface area (Å²) in [5.41, 5.74) is 17.9. The van der Waals surface area contributed by atoms with Gasteiger partial charge in [-0.1, -0.05) is 152 Å². The van der Waals surface area contributed by atoms with Crippen molar-refractivity contribution in [1.82, 2.24) is 9.97 Å². The van der Waals surface area contributed by atoms with Gasteiger partial charge in [0.1, 0.15) is 11.2 Å². The Balaban J connectivity index is 1.09. The maximum atomic E-state index is 6.72. The third-order valence-corrected chi connectivity index (χ3v) is 11.0. The molecule has 2 aromatic heterocycles. The number of rotatable bonds is 5. The Morgan fingerprint density at radius 1 is 0.566 bits per heavy atom. The van der Waals surface area contributed by atoms with E-state index in [1.54, 1.807) is 0 Å². The summed E-state index contributed by atoms with van der Waals surface area (Å²) >= 11 is 0. The van der Waals surface area contributed by atoms with E-state index in [2.05, 4.69) is 152 Å². The van der Waals surface area contributed by atoms with Crippen LogP contribution in [0.4, 0.5) is 0 Å². The lowest BCUT2D eigenvalue weighted by molar-refractivity contribution is 0.670. The van der Waals surface area contributed by atoms with Gasteiger partial charge in [0, 0.05) is 38.9 Å². The Hall–Kier alpha value is -6.84. The summed E-state index contributed by atoms with van der Waals surface area (Å²) in [5.74, 6) is 0.939. The average molecular weight is 677 g/mol. The molecule has 0 radical (unpaired) electrons. The quantitative estimate of drug-likeness (QED) is 0.182. The van der Waals surface area contributed by atoms with Gasteiger partial charge < -0.3 is 4.42 Å². The summed E-state index contributed by atoms with van der Waals surface area (Å²) in [7, 11) is 0. The average Bonchev–Trinajstić information content (AvgIpc) is 3.62. The Morgan fingerprint density at radius 2 is 1.28 bits per heavy atom. The molecule has 248 valence electrons. The van der Waals surface area contributed by atoms with E-state index in [0.29, 0.717) is 5.82 Å². The van der Waals surface area contributed by atoms with Crippen LogP contribution < -0.4 is 0 Å². The summed E-state index contributed by atoms with van der Waals surface area (Å²) in [6.45, 7) is 0. The molecule has 0 aliphatic heterocycles. The van der Waals surface area contributed by atoms with Crippen LogP contribution in [0, 0.1) is 5.92 Å². The van der Waals surface area contributed by atoms with Crippen molar-refractivity contribution < 1.29 is 4.42 Å². The fourth-order valence-corrected chi connectivity index (χ4v) is 8.52. The van der Waals surface area contributed by atoms with Gasteiger partial charge in [0.2, 0.25) is 0 Å². The van der Waals surface area contributed by atoms with Gasteiger partial charge in [-0.05, 0) is 75.3 Å². The Kier molecular flexibility index (Phi) is 6.68. The number of benzene rings is 5. The molecule has 0 N–H and O–H groups in total. The van der Waals surface area contributed by atoms with Gasteiger partial charge in [-0.25, -0.2) is 9.97 Å². The lowest BCUT2D eigenvalue weighted by Gasteiger charge is -2.36. The van der Waals surface area contributed by atoms with Crippen molar-refractivity contribution in [3.05, 3.63) is 209 Å². The van der Waals surface area contributed by atoms with Gasteiger partial charge in [0.15, 0.2) is 5.82 Å². The second-order valence-electron chi connectivity index (χ2n) is 14.0. The smallest absolute Gasteiger partial charge is 0.161 e. The molecule has 7 aromatic rings. The topological polar surface area (TPSA) is 38.9 Å². The van der Waals surface area contributed by atoms with Crippen molar-refractivity contribution in [2.24, 2.45) is 5.92 Å². The molecule has 0 fully saturated rings. The molecule has 1 unspecified atom stereocenters. The van der Waals surface area contributed by atoms with Crippen LogP contribution >= 0.6 is 0 Å². The Morgan fingerprint density at radius 3 is 2.06 bits per heavy atom. The number of para-hydroxylation sites is 1. The van der Waals surface area contributed by atoms with Gasteiger partial charge in [0.05, 0.1) is 11.4 Å². The number of hydrogen-bond acceptors (Lipinski definition) is 3. The van der Waals surface area contributed by atoms with E-state index in [-0.39, 0.29) is 5.92 Å². The number of aromatic nitrogens is 2. The summed E-state index contributed by atoms with van der Waals surface area (Å²) in [4.78, 5) is 10.5. The van der Waals surface area contributed by atoms with E-state index >= 15 is 0 Å². The highest BCUT2D eigenvalue weighted by molar-refractivity contribution is 6.12. The Labute approximate surface area is 307 Å². The third kappa shape index (κ3) is 4.82. The molecule has 2 heterocycles. The van der Waals surface area contributed by atoms with Crippen molar-refractivity contribution in [2.45, 2.75) is 6.42 Å². The molecule has 0 saturated heterocycles. The molecule has 11 rings (SSSR count). The summed E-state index contributed by atoms with van der Waals surface area (Å²) < 4.78 is 6.72. The number of nitrogens with zero attached hydrogens (tertiary/aromatic N) is 2. The summed E-state index contributed by atoms with van der Waals surface area (Å²) in [6, 6.07) is 44.4. The second-order valence-corrected chi connectivity index (χ2v) is 14.0. The highest BCUT2D eigenvalue weighted by Gasteiger charge is 2.34. The SMILES string of the molecule is C1=CC2=C3C(=CC=C4C=CC(c5ccc(-c6c(-c7nc(-c8ccccc8)cc(-c8ccccc8)n7)ccc7c6oc6ccccc67)cc5)=C(C=C2)C43)C1. The van der Waals surface area contributed by atoms with E-state index in [4.69, 9.17) is 14.4 Å². The molecule has 0 amide bonds. The van der Waals surface area contributed by atoms with Crippen molar-refractivity contribution >= 4 is 27.5 Å². The minimum absolute atomic E-state index is 0.281. The minimum Gasteiger partial charge on any atom is -0.455 e. The Bertz CT molecular complexity index is 2820. The van der Waals surface area contributed by atoms with E-state index in [0.717, 1.165) is 67.6 Å². The first-order chi connectivity index (χ1) is 26.3. The highest BCUT2D eigenvalue weighted by Crippen LogP contribution is 2.50. The molecular weight excluding hydrogens is 645 g/mol. The predicted octanol–water partition coefficient (Wildman–Crippen LogP) is 12.7. The molecule has 1 atom stereocenters. The van der Waals surface area contributed by atoms with Crippen molar-refractivity contribution in [2.75, 3.05) is 0 Å². The number of allylic oxidation sites excluding steroid dienone is 14. The number of furan rings is 1. The lowest BCUT2D eigenvalue weighted by atomic mass is 9.67. The standard InChI is InChI=1S/C50H32N2O/c1-3-10-32(11-4-1)43-30-44(33-12-5-2-6-13-33)52-50(51-43)42-29-28-41-39-16-7-8-17-45(39)53-49(41)48(42)37-20-18-31(19-21-37)38-26-24-36-23-22-34-14-9-15-35-25-27-40(38)47(36)46(34)35/h1-13,15-30,47H,14H2. The van der Waals surface area contributed by atoms with Crippen LogP contribution in [0.1, 0.15) is 12.0 Å².